The highest BCUT2D eigenvalue weighted by atomic mass is 35.5. The summed E-state index contributed by atoms with van der Waals surface area (Å²) in [5.41, 5.74) is 5.80. The lowest BCUT2D eigenvalue weighted by Crippen LogP contribution is -2.40. The molecule has 0 aliphatic carbocycles. The van der Waals surface area contributed by atoms with Gasteiger partial charge in [-0.1, -0.05) is 23.2 Å². The van der Waals surface area contributed by atoms with Gasteiger partial charge in [0.25, 0.3) is 5.91 Å². The van der Waals surface area contributed by atoms with Gasteiger partial charge < -0.3 is 10.6 Å². The molecule has 21 heavy (non-hydrogen) atoms. The molecule has 1 amide bonds. The summed E-state index contributed by atoms with van der Waals surface area (Å²) in [6.07, 6.45) is 2.75. The van der Waals surface area contributed by atoms with E-state index in [1.807, 2.05) is 0 Å². The van der Waals surface area contributed by atoms with Crippen LogP contribution in [0.2, 0.25) is 10.0 Å². The van der Waals surface area contributed by atoms with Crippen LogP contribution in [0, 0.1) is 0 Å². The summed E-state index contributed by atoms with van der Waals surface area (Å²) in [7, 11) is -3.53. The van der Waals surface area contributed by atoms with Gasteiger partial charge in [0.15, 0.2) is 9.84 Å². The number of halogens is 2. The molecule has 1 aromatic carbocycles. The SMILES string of the molecule is CS(=O)(=O)c1cc(C(=O)N2CCCC2CN)c(Cl)cc1Cl. The maximum Gasteiger partial charge on any atom is 0.255 e. The first-order valence-corrected chi connectivity index (χ1v) is 9.10. The first-order valence-electron chi connectivity index (χ1n) is 6.46. The lowest BCUT2D eigenvalue weighted by molar-refractivity contribution is 0.0741. The number of carbonyl (C=O) groups is 1. The van der Waals surface area contributed by atoms with Crippen LogP contribution in [-0.4, -0.2) is 44.6 Å². The van der Waals surface area contributed by atoms with Gasteiger partial charge in [-0.15, -0.1) is 0 Å². The molecule has 0 saturated carbocycles. The molecule has 1 aromatic rings. The Balaban J connectivity index is 2.46. The van der Waals surface area contributed by atoms with E-state index in [2.05, 4.69) is 0 Å². The molecule has 116 valence electrons. The molecule has 8 heteroatoms. The first-order chi connectivity index (χ1) is 9.75. The lowest BCUT2D eigenvalue weighted by Gasteiger charge is -2.24. The molecule has 0 radical (unpaired) electrons. The van der Waals surface area contributed by atoms with Crippen LogP contribution < -0.4 is 5.73 Å². The predicted octanol–water partition coefficient (Wildman–Crippen LogP) is 1.96. The van der Waals surface area contributed by atoms with Crippen LogP contribution >= 0.6 is 23.2 Å². The molecule has 1 heterocycles. The summed E-state index contributed by atoms with van der Waals surface area (Å²) in [6.45, 7) is 0.962. The van der Waals surface area contributed by atoms with Crippen LogP contribution in [0.3, 0.4) is 0 Å². The molecule has 2 N–H and O–H groups in total. The van der Waals surface area contributed by atoms with Crippen molar-refractivity contribution < 1.29 is 13.2 Å². The van der Waals surface area contributed by atoms with Gasteiger partial charge in [-0.05, 0) is 25.0 Å². The second-order valence-corrected chi connectivity index (χ2v) is 7.86. The van der Waals surface area contributed by atoms with Crippen molar-refractivity contribution in [2.75, 3.05) is 19.3 Å². The molecule has 0 bridgehead atoms. The summed E-state index contributed by atoms with van der Waals surface area (Å²) in [5.74, 6) is -0.311. The van der Waals surface area contributed by atoms with Crippen LogP contribution in [0.15, 0.2) is 17.0 Å². The van der Waals surface area contributed by atoms with Crippen LogP contribution in [-0.2, 0) is 9.84 Å². The van der Waals surface area contributed by atoms with Gasteiger partial charge >= 0.3 is 0 Å². The van der Waals surface area contributed by atoms with Crippen molar-refractivity contribution in [3.8, 4) is 0 Å². The van der Waals surface area contributed by atoms with Crippen LogP contribution in [0.4, 0.5) is 0 Å². The van der Waals surface area contributed by atoms with E-state index in [1.165, 1.54) is 12.1 Å². The second kappa shape index (κ2) is 6.12. The topological polar surface area (TPSA) is 80.5 Å². The summed E-state index contributed by atoms with van der Waals surface area (Å²) in [6, 6.07) is 2.50. The maximum absolute atomic E-state index is 12.6. The summed E-state index contributed by atoms with van der Waals surface area (Å²) in [5, 5.41) is 0.149. The normalized spacial score (nSPS) is 19.0. The molecule has 2 rings (SSSR count). The minimum absolute atomic E-state index is 0.0100. The van der Waals surface area contributed by atoms with E-state index in [4.69, 9.17) is 28.9 Å². The Morgan fingerprint density at radius 3 is 2.62 bits per heavy atom. The number of amides is 1. The van der Waals surface area contributed by atoms with E-state index in [1.54, 1.807) is 4.90 Å². The average Bonchev–Trinajstić information content (AvgIpc) is 2.84. The number of benzene rings is 1. The Morgan fingerprint density at radius 2 is 2.05 bits per heavy atom. The van der Waals surface area contributed by atoms with E-state index in [9.17, 15) is 13.2 Å². The minimum atomic E-state index is -3.53. The maximum atomic E-state index is 12.6. The lowest BCUT2D eigenvalue weighted by atomic mass is 10.1. The van der Waals surface area contributed by atoms with Crippen LogP contribution in [0.1, 0.15) is 23.2 Å². The molecule has 1 atom stereocenters. The molecular formula is C13H16Cl2N2O3S. The molecule has 1 aliphatic heterocycles. The van der Waals surface area contributed by atoms with Gasteiger partial charge in [0.2, 0.25) is 0 Å². The number of hydrogen-bond acceptors (Lipinski definition) is 4. The van der Waals surface area contributed by atoms with Crippen molar-refractivity contribution in [3.63, 3.8) is 0 Å². The monoisotopic (exact) mass is 350 g/mol. The largest absolute Gasteiger partial charge is 0.334 e. The Hall–Kier alpha value is -0.820. The molecule has 0 spiro atoms. The predicted molar refractivity (Wildman–Crippen MR) is 82.7 cm³/mol. The van der Waals surface area contributed by atoms with E-state index < -0.39 is 9.84 Å². The van der Waals surface area contributed by atoms with Crippen molar-refractivity contribution in [3.05, 3.63) is 27.7 Å². The van der Waals surface area contributed by atoms with Gasteiger partial charge in [0, 0.05) is 25.4 Å². The van der Waals surface area contributed by atoms with E-state index in [0.717, 1.165) is 19.1 Å². The number of hydrogen-bond donors (Lipinski definition) is 1. The highest BCUT2D eigenvalue weighted by Gasteiger charge is 2.30. The fourth-order valence-electron chi connectivity index (χ4n) is 2.48. The molecule has 1 fully saturated rings. The highest BCUT2D eigenvalue weighted by molar-refractivity contribution is 7.90. The highest BCUT2D eigenvalue weighted by Crippen LogP contribution is 2.31. The minimum Gasteiger partial charge on any atom is -0.334 e. The molecule has 1 saturated heterocycles. The fourth-order valence-corrected chi connectivity index (χ4v) is 4.11. The summed E-state index contributed by atoms with van der Waals surface area (Å²) < 4.78 is 23.4. The van der Waals surface area contributed by atoms with Crippen molar-refractivity contribution in [1.29, 1.82) is 0 Å². The molecule has 1 unspecified atom stereocenters. The van der Waals surface area contributed by atoms with Crippen LogP contribution in [0.25, 0.3) is 0 Å². The van der Waals surface area contributed by atoms with Crippen molar-refractivity contribution >= 4 is 38.9 Å². The first kappa shape index (κ1) is 16.5. The van der Waals surface area contributed by atoms with Gasteiger partial charge in [-0.2, -0.15) is 0 Å². The van der Waals surface area contributed by atoms with E-state index >= 15 is 0 Å². The standard InChI is InChI=1S/C13H16Cl2N2O3S/c1-21(19,20)12-5-9(10(14)6-11(12)15)13(18)17-4-2-3-8(17)7-16/h5-6,8H,2-4,7,16H2,1H3. The van der Waals surface area contributed by atoms with E-state index in [-0.39, 0.29) is 32.5 Å². The Labute approximate surface area is 133 Å². The summed E-state index contributed by atoms with van der Waals surface area (Å²) in [4.78, 5) is 14.1. The molecule has 5 nitrogen and oxygen atoms in total. The number of sulfone groups is 1. The third kappa shape index (κ3) is 3.34. The van der Waals surface area contributed by atoms with Crippen LogP contribution in [0.5, 0.6) is 0 Å². The van der Waals surface area contributed by atoms with Gasteiger partial charge in [0.05, 0.1) is 20.5 Å². The number of carbonyl (C=O) groups excluding carboxylic acids is 1. The fraction of sp³-hybridized carbons (Fsp3) is 0.462. The number of likely N-dealkylation sites (tertiary alicyclic amines) is 1. The zero-order valence-corrected chi connectivity index (χ0v) is 13.8. The third-order valence-electron chi connectivity index (χ3n) is 3.56. The Bertz CT molecular complexity index is 676. The van der Waals surface area contributed by atoms with Gasteiger partial charge in [-0.25, -0.2) is 8.42 Å². The molecular weight excluding hydrogens is 335 g/mol. The number of nitrogens with two attached hydrogens (primary N) is 1. The van der Waals surface area contributed by atoms with Crippen molar-refractivity contribution in [2.24, 2.45) is 5.73 Å². The van der Waals surface area contributed by atoms with Crippen molar-refractivity contribution in [1.82, 2.24) is 4.90 Å². The van der Waals surface area contributed by atoms with E-state index in [0.29, 0.717) is 13.1 Å². The number of rotatable bonds is 3. The average molecular weight is 351 g/mol. The Kier molecular flexibility index (Phi) is 4.82. The number of nitrogens with zero attached hydrogens (tertiary/aromatic N) is 1. The van der Waals surface area contributed by atoms with Gasteiger partial charge in [-0.3, -0.25) is 4.79 Å². The zero-order chi connectivity index (χ0) is 15.8. The zero-order valence-electron chi connectivity index (χ0n) is 11.5. The van der Waals surface area contributed by atoms with Gasteiger partial charge in [0.1, 0.15) is 0 Å². The quantitative estimate of drug-likeness (QED) is 0.903. The molecule has 0 aromatic heterocycles. The van der Waals surface area contributed by atoms with Crippen molar-refractivity contribution in [2.45, 2.75) is 23.8 Å². The third-order valence-corrected chi connectivity index (χ3v) is 5.44. The summed E-state index contributed by atoms with van der Waals surface area (Å²) >= 11 is 12.0. The molecule has 1 aliphatic rings. The smallest absolute Gasteiger partial charge is 0.255 e. The Morgan fingerprint density at radius 1 is 1.38 bits per heavy atom. The second-order valence-electron chi connectivity index (χ2n) is 5.06.